The Bertz CT molecular complexity index is 402. The normalized spacial score (nSPS) is 13.2. The first-order valence-electron chi connectivity index (χ1n) is 7.66. The van der Waals surface area contributed by atoms with Crippen LogP contribution < -0.4 is 5.32 Å². The van der Waals surface area contributed by atoms with Crippen LogP contribution in [0, 0.1) is 12.7 Å². The van der Waals surface area contributed by atoms with E-state index in [9.17, 15) is 4.39 Å². The fraction of sp³-hybridized carbons (Fsp3) is 0.647. The number of rotatable bonds is 8. The highest BCUT2D eigenvalue weighted by atomic mass is 19.1. The van der Waals surface area contributed by atoms with Gasteiger partial charge in [0, 0.05) is 12.1 Å². The van der Waals surface area contributed by atoms with Gasteiger partial charge >= 0.3 is 0 Å². The second kappa shape index (κ2) is 8.38. The molecule has 1 rings (SSSR count). The van der Waals surface area contributed by atoms with Gasteiger partial charge in [-0.3, -0.25) is 0 Å². The molecular formula is C17H29FN2. The standard InChI is InChI=1S/C17H29FN2/c1-6-15(7-2)20(5)11-10-17(19-4)14-9-8-13(3)16(18)12-14/h8-9,12,15,17,19H,6-7,10-11H2,1-5H3. The number of halogens is 1. The first kappa shape index (κ1) is 17.1. The minimum atomic E-state index is -0.115. The van der Waals surface area contributed by atoms with Gasteiger partial charge in [-0.25, -0.2) is 4.39 Å². The maximum atomic E-state index is 13.7. The summed E-state index contributed by atoms with van der Waals surface area (Å²) in [7, 11) is 4.12. The van der Waals surface area contributed by atoms with Crippen molar-refractivity contribution in [2.24, 2.45) is 0 Å². The van der Waals surface area contributed by atoms with Gasteiger partial charge < -0.3 is 10.2 Å². The molecule has 0 aliphatic carbocycles. The number of nitrogens with zero attached hydrogens (tertiary/aromatic N) is 1. The zero-order valence-corrected chi connectivity index (χ0v) is 13.5. The van der Waals surface area contributed by atoms with Crippen LogP contribution in [0.4, 0.5) is 4.39 Å². The summed E-state index contributed by atoms with van der Waals surface area (Å²) in [4.78, 5) is 2.41. The number of nitrogens with one attached hydrogen (secondary N) is 1. The Hall–Kier alpha value is -0.930. The van der Waals surface area contributed by atoms with E-state index < -0.39 is 0 Å². The van der Waals surface area contributed by atoms with E-state index in [1.165, 1.54) is 12.8 Å². The van der Waals surface area contributed by atoms with Crippen molar-refractivity contribution in [1.29, 1.82) is 0 Å². The lowest BCUT2D eigenvalue weighted by atomic mass is 10.0. The Labute approximate surface area is 123 Å². The Morgan fingerprint density at radius 2 is 1.90 bits per heavy atom. The molecule has 0 heterocycles. The van der Waals surface area contributed by atoms with Crippen molar-refractivity contribution in [1.82, 2.24) is 10.2 Å². The summed E-state index contributed by atoms with van der Waals surface area (Å²) in [6.07, 6.45) is 3.35. The molecule has 0 saturated carbocycles. The largest absolute Gasteiger partial charge is 0.313 e. The molecule has 0 aliphatic heterocycles. The fourth-order valence-electron chi connectivity index (χ4n) is 2.73. The number of hydrogen-bond donors (Lipinski definition) is 1. The average Bonchev–Trinajstić information content (AvgIpc) is 2.44. The van der Waals surface area contributed by atoms with Crippen molar-refractivity contribution in [2.75, 3.05) is 20.6 Å². The highest BCUT2D eigenvalue weighted by Gasteiger charge is 2.15. The molecule has 0 aliphatic rings. The summed E-state index contributed by atoms with van der Waals surface area (Å²) in [6, 6.07) is 6.40. The zero-order valence-electron chi connectivity index (χ0n) is 13.5. The van der Waals surface area contributed by atoms with Crippen molar-refractivity contribution in [3.63, 3.8) is 0 Å². The molecule has 1 aromatic carbocycles. The van der Waals surface area contributed by atoms with Gasteiger partial charge in [-0.1, -0.05) is 26.0 Å². The van der Waals surface area contributed by atoms with E-state index in [1.807, 2.05) is 19.2 Å². The van der Waals surface area contributed by atoms with Gasteiger partial charge in [0.2, 0.25) is 0 Å². The number of aryl methyl sites for hydroxylation is 1. The third-order valence-corrected chi connectivity index (χ3v) is 4.28. The molecule has 0 radical (unpaired) electrons. The molecule has 0 saturated heterocycles. The van der Waals surface area contributed by atoms with Crippen molar-refractivity contribution in [2.45, 2.75) is 52.1 Å². The van der Waals surface area contributed by atoms with E-state index in [0.717, 1.165) is 18.5 Å². The maximum absolute atomic E-state index is 13.7. The van der Waals surface area contributed by atoms with Gasteiger partial charge in [-0.2, -0.15) is 0 Å². The van der Waals surface area contributed by atoms with Gasteiger partial charge in [-0.15, -0.1) is 0 Å². The quantitative estimate of drug-likeness (QED) is 0.777. The van der Waals surface area contributed by atoms with Crippen LogP contribution in [0.15, 0.2) is 18.2 Å². The Morgan fingerprint density at radius 1 is 1.25 bits per heavy atom. The molecule has 0 aromatic heterocycles. The minimum Gasteiger partial charge on any atom is -0.313 e. The first-order valence-corrected chi connectivity index (χ1v) is 7.66. The molecule has 0 spiro atoms. The van der Waals surface area contributed by atoms with Crippen molar-refractivity contribution in [3.05, 3.63) is 35.1 Å². The number of hydrogen-bond acceptors (Lipinski definition) is 2. The lowest BCUT2D eigenvalue weighted by Crippen LogP contribution is -2.33. The monoisotopic (exact) mass is 280 g/mol. The van der Waals surface area contributed by atoms with E-state index in [-0.39, 0.29) is 11.9 Å². The molecule has 1 unspecified atom stereocenters. The molecule has 114 valence electrons. The number of benzene rings is 1. The predicted octanol–water partition coefficient (Wildman–Crippen LogP) is 3.91. The van der Waals surface area contributed by atoms with E-state index in [1.54, 1.807) is 13.0 Å². The van der Waals surface area contributed by atoms with E-state index in [0.29, 0.717) is 11.6 Å². The zero-order chi connectivity index (χ0) is 15.1. The van der Waals surface area contributed by atoms with Crippen LogP contribution in [0.5, 0.6) is 0 Å². The lowest BCUT2D eigenvalue weighted by molar-refractivity contribution is 0.219. The maximum Gasteiger partial charge on any atom is 0.126 e. The van der Waals surface area contributed by atoms with Crippen molar-refractivity contribution >= 4 is 0 Å². The van der Waals surface area contributed by atoms with Crippen LogP contribution in [0.25, 0.3) is 0 Å². The molecule has 20 heavy (non-hydrogen) atoms. The third kappa shape index (κ3) is 4.57. The molecular weight excluding hydrogens is 251 g/mol. The topological polar surface area (TPSA) is 15.3 Å². The fourth-order valence-corrected chi connectivity index (χ4v) is 2.73. The third-order valence-electron chi connectivity index (χ3n) is 4.28. The van der Waals surface area contributed by atoms with E-state index >= 15 is 0 Å². The summed E-state index contributed by atoms with van der Waals surface area (Å²) in [5.74, 6) is -0.115. The summed E-state index contributed by atoms with van der Waals surface area (Å²) in [6.45, 7) is 7.28. The molecule has 0 bridgehead atoms. The molecule has 0 fully saturated rings. The molecule has 3 heteroatoms. The Morgan fingerprint density at radius 3 is 2.40 bits per heavy atom. The van der Waals surface area contributed by atoms with E-state index in [2.05, 4.69) is 31.1 Å². The lowest BCUT2D eigenvalue weighted by Gasteiger charge is -2.28. The van der Waals surface area contributed by atoms with Gasteiger partial charge in [-0.05, 0) is 64.0 Å². The summed E-state index contributed by atoms with van der Waals surface area (Å²) < 4.78 is 13.7. The van der Waals surface area contributed by atoms with Crippen LogP contribution in [-0.4, -0.2) is 31.6 Å². The minimum absolute atomic E-state index is 0.115. The predicted molar refractivity (Wildman–Crippen MR) is 84.6 cm³/mol. The highest BCUT2D eigenvalue weighted by Crippen LogP contribution is 2.20. The SMILES string of the molecule is CCC(CC)N(C)CCC(NC)c1ccc(C)c(F)c1. The second-order valence-corrected chi connectivity index (χ2v) is 5.59. The Kier molecular flexibility index (Phi) is 7.17. The second-order valence-electron chi connectivity index (χ2n) is 5.59. The summed E-state index contributed by atoms with van der Waals surface area (Å²) in [5, 5.41) is 3.30. The smallest absolute Gasteiger partial charge is 0.126 e. The molecule has 1 N–H and O–H groups in total. The van der Waals surface area contributed by atoms with Crippen LogP contribution in [-0.2, 0) is 0 Å². The van der Waals surface area contributed by atoms with Crippen LogP contribution >= 0.6 is 0 Å². The van der Waals surface area contributed by atoms with Gasteiger partial charge in [0.25, 0.3) is 0 Å². The van der Waals surface area contributed by atoms with E-state index in [4.69, 9.17) is 0 Å². The highest BCUT2D eigenvalue weighted by molar-refractivity contribution is 5.25. The molecule has 0 amide bonds. The van der Waals surface area contributed by atoms with Gasteiger partial charge in [0.05, 0.1) is 0 Å². The van der Waals surface area contributed by atoms with Gasteiger partial charge in [0.15, 0.2) is 0 Å². The van der Waals surface area contributed by atoms with Crippen molar-refractivity contribution in [3.8, 4) is 0 Å². The average molecular weight is 280 g/mol. The molecule has 1 atom stereocenters. The summed E-state index contributed by atoms with van der Waals surface area (Å²) >= 11 is 0. The van der Waals surface area contributed by atoms with Crippen LogP contribution in [0.1, 0.15) is 50.3 Å². The molecule has 2 nitrogen and oxygen atoms in total. The van der Waals surface area contributed by atoms with Crippen LogP contribution in [0.2, 0.25) is 0 Å². The molecule has 1 aromatic rings. The van der Waals surface area contributed by atoms with Crippen LogP contribution in [0.3, 0.4) is 0 Å². The van der Waals surface area contributed by atoms with Crippen molar-refractivity contribution < 1.29 is 4.39 Å². The van der Waals surface area contributed by atoms with Gasteiger partial charge in [0.1, 0.15) is 5.82 Å². The first-order chi connectivity index (χ1) is 9.53. The Balaban J connectivity index is 2.65. The summed E-state index contributed by atoms with van der Waals surface area (Å²) in [5.41, 5.74) is 1.74.